The summed E-state index contributed by atoms with van der Waals surface area (Å²) in [5.41, 5.74) is 0. The van der Waals surface area contributed by atoms with Crippen molar-refractivity contribution < 1.29 is 19.4 Å². The van der Waals surface area contributed by atoms with Crippen LogP contribution in [0.25, 0.3) is 0 Å². The smallest absolute Gasteiger partial charge is 0.320 e. The van der Waals surface area contributed by atoms with Crippen molar-refractivity contribution in [1.29, 1.82) is 0 Å². The molecule has 0 heterocycles. The van der Waals surface area contributed by atoms with E-state index in [1.165, 1.54) is 4.90 Å². The highest BCUT2D eigenvalue weighted by Gasteiger charge is 2.09. The van der Waals surface area contributed by atoms with Crippen LogP contribution in [0.3, 0.4) is 0 Å². The van der Waals surface area contributed by atoms with Gasteiger partial charge in [0.2, 0.25) is 0 Å². The molecule has 6 heteroatoms. The predicted octanol–water partition coefficient (Wildman–Crippen LogP) is 1.45. The number of ether oxygens (including phenoxy) is 2. The Labute approximate surface area is 119 Å². The highest BCUT2D eigenvalue weighted by Crippen LogP contribution is 2.17. The van der Waals surface area contributed by atoms with E-state index in [9.17, 15) is 4.79 Å². The van der Waals surface area contributed by atoms with Gasteiger partial charge in [0, 0.05) is 13.1 Å². The monoisotopic (exact) mass is 282 g/mol. The van der Waals surface area contributed by atoms with E-state index in [1.807, 2.05) is 26.0 Å². The van der Waals surface area contributed by atoms with Crippen LogP contribution >= 0.6 is 0 Å². The lowest BCUT2D eigenvalue weighted by Gasteiger charge is -2.20. The van der Waals surface area contributed by atoms with Gasteiger partial charge >= 0.3 is 6.03 Å². The fourth-order valence-corrected chi connectivity index (χ4v) is 1.62. The summed E-state index contributed by atoms with van der Waals surface area (Å²) in [6.45, 7) is 5.26. The predicted molar refractivity (Wildman–Crippen MR) is 76.0 cm³/mol. The standard InChI is InChI=1S/C14H22N2O4/c1-3-16(9-10-17)14(18)15-11-20-13-7-5-12(6-8-13)19-4-2/h5-8,17H,3-4,9-11H2,1-2H3,(H,15,18). The number of urea groups is 1. The first-order chi connectivity index (χ1) is 9.71. The van der Waals surface area contributed by atoms with E-state index in [-0.39, 0.29) is 19.4 Å². The van der Waals surface area contributed by atoms with Crippen LogP contribution in [0.1, 0.15) is 13.8 Å². The molecule has 0 radical (unpaired) electrons. The molecule has 0 bridgehead atoms. The number of hydrogen-bond acceptors (Lipinski definition) is 4. The van der Waals surface area contributed by atoms with Gasteiger partial charge in [0.05, 0.1) is 13.2 Å². The number of carbonyl (C=O) groups excluding carboxylic acids is 1. The average Bonchev–Trinajstić information content (AvgIpc) is 2.46. The molecule has 1 rings (SSSR count). The summed E-state index contributed by atoms with van der Waals surface area (Å²) < 4.78 is 10.7. The van der Waals surface area contributed by atoms with E-state index in [0.29, 0.717) is 25.4 Å². The van der Waals surface area contributed by atoms with Crippen LogP contribution < -0.4 is 14.8 Å². The first-order valence-corrected chi connectivity index (χ1v) is 6.70. The van der Waals surface area contributed by atoms with Gasteiger partial charge in [-0.15, -0.1) is 0 Å². The van der Waals surface area contributed by atoms with Crippen molar-refractivity contribution >= 4 is 6.03 Å². The molecule has 112 valence electrons. The number of aliphatic hydroxyl groups excluding tert-OH is 1. The fourth-order valence-electron chi connectivity index (χ4n) is 1.62. The lowest BCUT2D eigenvalue weighted by atomic mass is 10.3. The first-order valence-electron chi connectivity index (χ1n) is 6.70. The third kappa shape index (κ3) is 5.36. The van der Waals surface area contributed by atoms with E-state index >= 15 is 0 Å². The Morgan fingerprint density at radius 3 is 2.30 bits per heavy atom. The number of hydrogen-bond donors (Lipinski definition) is 2. The van der Waals surface area contributed by atoms with Gasteiger partial charge < -0.3 is 24.8 Å². The molecule has 0 spiro atoms. The Morgan fingerprint density at radius 2 is 1.80 bits per heavy atom. The van der Waals surface area contributed by atoms with E-state index in [4.69, 9.17) is 14.6 Å². The highest BCUT2D eigenvalue weighted by molar-refractivity contribution is 5.73. The zero-order chi connectivity index (χ0) is 14.8. The summed E-state index contributed by atoms with van der Waals surface area (Å²) >= 11 is 0. The van der Waals surface area contributed by atoms with Crippen molar-refractivity contribution in [2.24, 2.45) is 0 Å². The molecule has 0 saturated carbocycles. The molecule has 1 aromatic carbocycles. The molecule has 0 fully saturated rings. The number of carbonyl (C=O) groups is 1. The van der Waals surface area contributed by atoms with Crippen LogP contribution in [0, 0.1) is 0 Å². The van der Waals surface area contributed by atoms with Crippen molar-refractivity contribution in [3.8, 4) is 11.5 Å². The molecule has 2 amide bonds. The van der Waals surface area contributed by atoms with Gasteiger partial charge in [-0.3, -0.25) is 0 Å². The second-order valence-corrected chi connectivity index (χ2v) is 3.98. The molecule has 0 aliphatic heterocycles. The first kappa shape index (κ1) is 16.1. The maximum Gasteiger partial charge on any atom is 0.320 e. The van der Waals surface area contributed by atoms with Gasteiger partial charge in [-0.1, -0.05) is 0 Å². The van der Waals surface area contributed by atoms with Crippen LogP contribution in [-0.4, -0.2) is 49.1 Å². The third-order valence-corrected chi connectivity index (χ3v) is 2.64. The zero-order valence-electron chi connectivity index (χ0n) is 12.0. The minimum Gasteiger partial charge on any atom is -0.494 e. The Morgan fingerprint density at radius 1 is 1.20 bits per heavy atom. The molecule has 0 unspecified atom stereocenters. The average molecular weight is 282 g/mol. The fraction of sp³-hybridized carbons (Fsp3) is 0.500. The summed E-state index contributed by atoms with van der Waals surface area (Å²) in [4.78, 5) is 13.2. The minimum atomic E-state index is -0.257. The highest BCUT2D eigenvalue weighted by atomic mass is 16.5. The SMILES string of the molecule is CCOc1ccc(OCNC(=O)N(CC)CCO)cc1. The topological polar surface area (TPSA) is 71.0 Å². The van der Waals surface area contributed by atoms with Gasteiger partial charge in [-0.05, 0) is 38.1 Å². The summed E-state index contributed by atoms with van der Waals surface area (Å²) in [6, 6.07) is 6.92. The summed E-state index contributed by atoms with van der Waals surface area (Å²) in [5.74, 6) is 1.43. The van der Waals surface area contributed by atoms with Crippen molar-refractivity contribution in [3.05, 3.63) is 24.3 Å². The van der Waals surface area contributed by atoms with Crippen LogP contribution in [0.5, 0.6) is 11.5 Å². The quantitative estimate of drug-likeness (QED) is 0.708. The lowest BCUT2D eigenvalue weighted by molar-refractivity contribution is 0.170. The molecular weight excluding hydrogens is 260 g/mol. The van der Waals surface area contributed by atoms with Gasteiger partial charge in [0.1, 0.15) is 11.5 Å². The molecule has 0 aliphatic rings. The molecule has 2 N–H and O–H groups in total. The maximum atomic E-state index is 11.7. The molecule has 6 nitrogen and oxygen atoms in total. The number of likely N-dealkylation sites (N-methyl/N-ethyl adjacent to an activating group) is 1. The van der Waals surface area contributed by atoms with Gasteiger partial charge in [0.25, 0.3) is 0 Å². The molecule has 0 saturated heterocycles. The number of nitrogens with one attached hydrogen (secondary N) is 1. The van der Waals surface area contributed by atoms with Crippen molar-refractivity contribution in [1.82, 2.24) is 10.2 Å². The number of aliphatic hydroxyl groups is 1. The number of amides is 2. The number of benzene rings is 1. The van der Waals surface area contributed by atoms with Crippen molar-refractivity contribution in [2.45, 2.75) is 13.8 Å². The maximum absolute atomic E-state index is 11.7. The second kappa shape index (κ2) is 9.03. The van der Waals surface area contributed by atoms with Gasteiger partial charge in [-0.25, -0.2) is 4.79 Å². The molecule has 0 atom stereocenters. The Kier molecular flexibility index (Phi) is 7.27. The minimum absolute atomic E-state index is 0.0546. The molecule has 0 aliphatic carbocycles. The molecule has 0 aromatic heterocycles. The molecule has 20 heavy (non-hydrogen) atoms. The zero-order valence-corrected chi connectivity index (χ0v) is 12.0. The normalized spacial score (nSPS) is 9.95. The Balaban J connectivity index is 2.34. The number of nitrogens with zero attached hydrogens (tertiary/aromatic N) is 1. The largest absolute Gasteiger partial charge is 0.494 e. The second-order valence-electron chi connectivity index (χ2n) is 3.98. The summed E-state index contributed by atoms with van der Waals surface area (Å²) in [5, 5.41) is 11.5. The van der Waals surface area contributed by atoms with Crippen LogP contribution in [0.4, 0.5) is 4.79 Å². The van der Waals surface area contributed by atoms with E-state index in [0.717, 1.165) is 5.75 Å². The van der Waals surface area contributed by atoms with Gasteiger partial charge in [0.15, 0.2) is 6.73 Å². The van der Waals surface area contributed by atoms with Crippen LogP contribution in [-0.2, 0) is 0 Å². The summed E-state index contributed by atoms with van der Waals surface area (Å²) in [6.07, 6.45) is 0. The molecule has 1 aromatic rings. The summed E-state index contributed by atoms with van der Waals surface area (Å²) in [7, 11) is 0. The van der Waals surface area contributed by atoms with Crippen molar-refractivity contribution in [3.63, 3.8) is 0 Å². The lowest BCUT2D eigenvalue weighted by Crippen LogP contribution is -2.42. The molecular formula is C14H22N2O4. The van der Waals surface area contributed by atoms with Crippen molar-refractivity contribution in [2.75, 3.05) is 33.0 Å². The van der Waals surface area contributed by atoms with E-state index < -0.39 is 0 Å². The van der Waals surface area contributed by atoms with E-state index in [1.54, 1.807) is 12.1 Å². The third-order valence-electron chi connectivity index (χ3n) is 2.64. The number of rotatable bonds is 8. The Bertz CT molecular complexity index is 395. The van der Waals surface area contributed by atoms with E-state index in [2.05, 4.69) is 5.32 Å². The van der Waals surface area contributed by atoms with Crippen LogP contribution in [0.2, 0.25) is 0 Å². The van der Waals surface area contributed by atoms with Gasteiger partial charge in [-0.2, -0.15) is 0 Å². The van der Waals surface area contributed by atoms with Crippen LogP contribution in [0.15, 0.2) is 24.3 Å². The Hall–Kier alpha value is -1.95.